The lowest BCUT2D eigenvalue weighted by Crippen LogP contribution is -2.32. The molecule has 8 heteroatoms. The Bertz CT molecular complexity index is 976. The number of carbonyl (C=O) groups excluding carboxylic acids is 2. The van der Waals surface area contributed by atoms with Gasteiger partial charge in [0.05, 0.1) is 18.7 Å². The lowest BCUT2D eigenvalue weighted by Gasteiger charge is -2.25. The van der Waals surface area contributed by atoms with Gasteiger partial charge in [0, 0.05) is 24.5 Å². The van der Waals surface area contributed by atoms with Crippen LogP contribution < -0.4 is 4.74 Å². The summed E-state index contributed by atoms with van der Waals surface area (Å²) in [7, 11) is 5.18. The van der Waals surface area contributed by atoms with Crippen molar-refractivity contribution in [3.63, 3.8) is 0 Å². The number of halogens is 1. The summed E-state index contributed by atoms with van der Waals surface area (Å²) in [6, 6.07) is 6.51. The van der Waals surface area contributed by atoms with E-state index in [1.165, 1.54) is 24.1 Å². The molecule has 1 amide bonds. The highest BCUT2D eigenvalue weighted by atomic mass is 19.1. The first kappa shape index (κ1) is 21.4. The van der Waals surface area contributed by atoms with Crippen molar-refractivity contribution in [2.75, 3.05) is 34.3 Å². The molecular weight excluding hydrogens is 389 g/mol. The molecule has 0 saturated carbocycles. The molecule has 3 rings (SSSR count). The predicted octanol–water partition coefficient (Wildman–Crippen LogP) is 2.60. The standard InChI is InChI=1S/C22H24FN3O4/c1-25(2)10-5-11-26-19(15-6-4-9-24-13-15)18(21(28)22(26)29)20(27)14-7-8-17(30-3)16(23)12-14/h4,6-9,12-13,19,27H,5,10-11H2,1-3H3/b20-18+. The van der Waals surface area contributed by atoms with Crippen LogP contribution in [0.5, 0.6) is 5.75 Å². The maximum Gasteiger partial charge on any atom is 0.295 e. The van der Waals surface area contributed by atoms with Crippen LogP contribution in [0, 0.1) is 5.82 Å². The zero-order valence-electron chi connectivity index (χ0n) is 17.1. The molecule has 1 aromatic carbocycles. The van der Waals surface area contributed by atoms with Crippen LogP contribution in [-0.2, 0) is 9.59 Å². The molecule has 30 heavy (non-hydrogen) atoms. The Balaban J connectivity index is 2.08. The third-order valence-electron chi connectivity index (χ3n) is 4.97. The molecule has 1 aliphatic heterocycles. The van der Waals surface area contributed by atoms with Gasteiger partial charge in [-0.15, -0.1) is 0 Å². The van der Waals surface area contributed by atoms with E-state index in [2.05, 4.69) is 4.98 Å². The third kappa shape index (κ3) is 4.18. The number of likely N-dealkylation sites (tertiary alicyclic amines) is 1. The molecule has 1 N–H and O–H groups in total. The molecule has 1 atom stereocenters. The van der Waals surface area contributed by atoms with Crippen molar-refractivity contribution >= 4 is 17.4 Å². The number of carbonyl (C=O) groups is 2. The molecule has 1 fully saturated rings. The van der Waals surface area contributed by atoms with Gasteiger partial charge in [0.15, 0.2) is 11.6 Å². The Kier molecular flexibility index (Phi) is 6.47. The molecule has 158 valence electrons. The van der Waals surface area contributed by atoms with Crippen LogP contribution in [0.25, 0.3) is 5.76 Å². The van der Waals surface area contributed by atoms with Crippen molar-refractivity contribution in [3.8, 4) is 5.75 Å². The van der Waals surface area contributed by atoms with E-state index >= 15 is 0 Å². The second kappa shape index (κ2) is 9.04. The quantitative estimate of drug-likeness (QED) is 0.427. The minimum atomic E-state index is -0.803. The number of Topliss-reactive ketones (excluding diaryl/α,β-unsaturated/α-hetero) is 1. The van der Waals surface area contributed by atoms with Crippen LogP contribution in [0.4, 0.5) is 4.39 Å². The van der Waals surface area contributed by atoms with Crippen LogP contribution in [0.3, 0.4) is 0 Å². The maximum atomic E-state index is 14.2. The third-order valence-corrected chi connectivity index (χ3v) is 4.97. The molecule has 0 bridgehead atoms. The van der Waals surface area contributed by atoms with Crippen LogP contribution in [-0.4, -0.2) is 65.9 Å². The first-order valence-electron chi connectivity index (χ1n) is 9.52. The van der Waals surface area contributed by atoms with Gasteiger partial charge in [-0.2, -0.15) is 0 Å². The Labute approximate surface area is 174 Å². The average Bonchev–Trinajstić information content (AvgIpc) is 2.98. The van der Waals surface area contributed by atoms with Gasteiger partial charge in [0.2, 0.25) is 0 Å². The van der Waals surface area contributed by atoms with E-state index in [-0.39, 0.29) is 16.9 Å². The van der Waals surface area contributed by atoms with Crippen LogP contribution >= 0.6 is 0 Å². The second-order valence-electron chi connectivity index (χ2n) is 7.29. The van der Waals surface area contributed by atoms with Gasteiger partial charge < -0.3 is 19.6 Å². The van der Waals surface area contributed by atoms with Gasteiger partial charge in [-0.25, -0.2) is 4.39 Å². The van der Waals surface area contributed by atoms with E-state index in [1.54, 1.807) is 24.5 Å². The summed E-state index contributed by atoms with van der Waals surface area (Å²) in [5, 5.41) is 10.9. The summed E-state index contributed by atoms with van der Waals surface area (Å²) in [5.74, 6) is -2.60. The molecule has 0 spiro atoms. The fraction of sp³-hybridized carbons (Fsp3) is 0.318. The second-order valence-corrected chi connectivity index (χ2v) is 7.29. The van der Waals surface area contributed by atoms with Crippen LogP contribution in [0.2, 0.25) is 0 Å². The Morgan fingerprint density at radius 1 is 1.30 bits per heavy atom. The molecule has 1 aliphatic rings. The van der Waals surface area contributed by atoms with Crippen LogP contribution in [0.1, 0.15) is 23.6 Å². The molecule has 0 radical (unpaired) electrons. The number of aromatic nitrogens is 1. The number of pyridine rings is 1. The number of hydrogen-bond acceptors (Lipinski definition) is 6. The summed E-state index contributed by atoms with van der Waals surface area (Å²) in [4.78, 5) is 33.2. The number of hydrogen-bond donors (Lipinski definition) is 1. The van der Waals surface area contributed by atoms with Crippen molar-refractivity contribution in [1.82, 2.24) is 14.8 Å². The summed E-state index contributed by atoms with van der Waals surface area (Å²) >= 11 is 0. The first-order chi connectivity index (χ1) is 14.3. The molecule has 1 saturated heterocycles. The highest BCUT2D eigenvalue weighted by molar-refractivity contribution is 6.46. The number of methoxy groups -OCH3 is 1. The topological polar surface area (TPSA) is 83.0 Å². The number of ether oxygens (including phenoxy) is 1. The van der Waals surface area contributed by atoms with E-state index in [0.29, 0.717) is 18.5 Å². The first-order valence-corrected chi connectivity index (χ1v) is 9.52. The van der Waals surface area contributed by atoms with Crippen molar-refractivity contribution in [2.45, 2.75) is 12.5 Å². The highest BCUT2D eigenvalue weighted by Crippen LogP contribution is 2.39. The van der Waals surface area contributed by atoms with Crippen molar-refractivity contribution in [2.24, 2.45) is 0 Å². The van der Waals surface area contributed by atoms with Gasteiger partial charge in [-0.1, -0.05) is 6.07 Å². The number of benzene rings is 1. The van der Waals surface area contributed by atoms with Crippen LogP contribution in [0.15, 0.2) is 48.3 Å². The molecule has 1 aromatic heterocycles. The highest BCUT2D eigenvalue weighted by Gasteiger charge is 2.45. The van der Waals surface area contributed by atoms with Crippen molar-refractivity contribution < 1.29 is 23.8 Å². The molecular formula is C22H24FN3O4. The molecule has 2 heterocycles. The van der Waals surface area contributed by atoms with Crippen molar-refractivity contribution in [3.05, 3.63) is 65.2 Å². The van der Waals surface area contributed by atoms with E-state index in [1.807, 2.05) is 19.0 Å². The minimum absolute atomic E-state index is 0.0134. The number of rotatable bonds is 7. The fourth-order valence-electron chi connectivity index (χ4n) is 3.52. The van der Waals surface area contributed by atoms with E-state index < -0.39 is 29.3 Å². The van der Waals surface area contributed by atoms with Gasteiger partial charge in [0.1, 0.15) is 5.76 Å². The molecule has 2 aromatic rings. The van der Waals surface area contributed by atoms with Gasteiger partial charge >= 0.3 is 0 Å². The summed E-state index contributed by atoms with van der Waals surface area (Å²) in [6.45, 7) is 1.06. The fourth-order valence-corrected chi connectivity index (χ4v) is 3.52. The summed E-state index contributed by atoms with van der Waals surface area (Å²) < 4.78 is 19.1. The number of amides is 1. The predicted molar refractivity (Wildman–Crippen MR) is 109 cm³/mol. The zero-order valence-corrected chi connectivity index (χ0v) is 17.1. The zero-order chi connectivity index (χ0) is 21.8. The van der Waals surface area contributed by atoms with E-state index in [9.17, 15) is 19.1 Å². The number of nitrogens with zero attached hydrogens (tertiary/aromatic N) is 3. The minimum Gasteiger partial charge on any atom is -0.507 e. The average molecular weight is 413 g/mol. The molecule has 7 nitrogen and oxygen atoms in total. The Hall–Kier alpha value is -3.26. The molecule has 0 aliphatic carbocycles. The van der Waals surface area contributed by atoms with Gasteiger partial charge in [-0.3, -0.25) is 14.6 Å². The molecule has 1 unspecified atom stereocenters. The number of aliphatic hydroxyl groups is 1. The number of ketones is 1. The number of aliphatic hydroxyl groups excluding tert-OH is 1. The summed E-state index contributed by atoms with van der Waals surface area (Å²) in [6.07, 6.45) is 3.78. The monoisotopic (exact) mass is 413 g/mol. The maximum absolute atomic E-state index is 14.2. The Morgan fingerprint density at radius 3 is 2.67 bits per heavy atom. The largest absolute Gasteiger partial charge is 0.507 e. The summed E-state index contributed by atoms with van der Waals surface area (Å²) in [5.41, 5.74) is 0.605. The lowest BCUT2D eigenvalue weighted by atomic mass is 9.96. The van der Waals surface area contributed by atoms with E-state index in [0.717, 1.165) is 12.6 Å². The van der Waals surface area contributed by atoms with Gasteiger partial charge in [-0.05, 0) is 56.9 Å². The van der Waals surface area contributed by atoms with Gasteiger partial charge in [0.25, 0.3) is 11.7 Å². The Morgan fingerprint density at radius 2 is 2.07 bits per heavy atom. The SMILES string of the molecule is COc1ccc(/C(O)=C2\C(=O)C(=O)N(CCCN(C)C)C2c2cccnc2)cc1F. The normalized spacial score (nSPS) is 18.3. The van der Waals surface area contributed by atoms with Crippen molar-refractivity contribution in [1.29, 1.82) is 0 Å². The smallest absolute Gasteiger partial charge is 0.295 e. The lowest BCUT2D eigenvalue weighted by molar-refractivity contribution is -0.139. The van der Waals surface area contributed by atoms with E-state index in [4.69, 9.17) is 4.74 Å².